The molecule has 0 amide bonds. The molecule has 0 saturated heterocycles. The molecule has 0 N–H and O–H groups in total. The standard InChI is InChI=1S/C66H45N/c1-2-12-53(13-3-1)65-44-37-54-15-7-9-19-64(54)66(65)56-35-42-61(43-36-56)67(59-38-31-49(32-39-59)47-21-23-51(24-22-47)58-30-27-46-11-4-5-16-57(46)45-58)60-40-33-50(34-41-60)48-25-28-55(29-26-48)63-20-10-17-52-14-6-8-18-62(52)63/h1-45H/i31D,32D,38D,39D. The molecule has 12 aromatic rings. The van der Waals surface area contributed by atoms with Crippen LogP contribution in [0.25, 0.3) is 99.1 Å². The van der Waals surface area contributed by atoms with Crippen LogP contribution in [0, 0.1) is 0 Å². The van der Waals surface area contributed by atoms with Crippen molar-refractivity contribution in [3.63, 3.8) is 0 Å². The summed E-state index contributed by atoms with van der Waals surface area (Å²) in [6.07, 6.45) is 0. The van der Waals surface area contributed by atoms with Gasteiger partial charge in [-0.15, -0.1) is 0 Å². The lowest BCUT2D eigenvalue weighted by Crippen LogP contribution is -2.09. The Morgan fingerprint density at radius 3 is 1.36 bits per heavy atom. The van der Waals surface area contributed by atoms with Crippen molar-refractivity contribution >= 4 is 49.4 Å². The van der Waals surface area contributed by atoms with E-state index in [1.54, 1.807) is 0 Å². The molecule has 0 unspecified atom stereocenters. The summed E-state index contributed by atoms with van der Waals surface area (Å²) in [4.78, 5) is 1.87. The third-order valence-corrected chi connectivity index (χ3v) is 13.0. The molecule has 0 aliphatic carbocycles. The van der Waals surface area contributed by atoms with Gasteiger partial charge in [-0.3, -0.25) is 0 Å². The van der Waals surface area contributed by atoms with Crippen LogP contribution in [-0.2, 0) is 0 Å². The molecule has 0 aliphatic heterocycles. The fourth-order valence-electron chi connectivity index (χ4n) is 9.51. The summed E-state index contributed by atoms with van der Waals surface area (Å²) >= 11 is 0. The normalized spacial score (nSPS) is 12.1. The molecule has 0 spiro atoms. The van der Waals surface area contributed by atoms with Crippen LogP contribution >= 0.6 is 0 Å². The molecule has 0 heterocycles. The second kappa shape index (κ2) is 17.3. The summed E-state index contributed by atoms with van der Waals surface area (Å²) in [6.45, 7) is 0. The molecule has 0 saturated carbocycles. The van der Waals surface area contributed by atoms with Gasteiger partial charge in [0.2, 0.25) is 0 Å². The number of hydrogen-bond donors (Lipinski definition) is 0. The highest BCUT2D eigenvalue weighted by Crippen LogP contribution is 2.42. The van der Waals surface area contributed by atoms with Gasteiger partial charge in [0.05, 0.1) is 5.48 Å². The van der Waals surface area contributed by atoms with Gasteiger partial charge in [0.25, 0.3) is 0 Å². The molecule has 0 bridgehead atoms. The van der Waals surface area contributed by atoms with Gasteiger partial charge >= 0.3 is 0 Å². The number of fused-ring (bicyclic) bond motifs is 3. The molecule has 0 radical (unpaired) electrons. The Hall–Kier alpha value is -8.78. The number of hydrogen-bond acceptors (Lipinski definition) is 1. The maximum atomic E-state index is 9.68. The van der Waals surface area contributed by atoms with E-state index in [4.69, 9.17) is 0 Å². The van der Waals surface area contributed by atoms with Gasteiger partial charge < -0.3 is 4.90 Å². The molecule has 0 aromatic heterocycles. The molecule has 67 heavy (non-hydrogen) atoms. The van der Waals surface area contributed by atoms with Gasteiger partial charge in [0.1, 0.15) is 0 Å². The zero-order valence-electron chi connectivity index (χ0n) is 40.6. The zero-order chi connectivity index (χ0) is 48.0. The lowest BCUT2D eigenvalue weighted by Gasteiger charge is -2.26. The van der Waals surface area contributed by atoms with Gasteiger partial charge in [-0.1, -0.05) is 230 Å². The average molecular weight is 856 g/mol. The van der Waals surface area contributed by atoms with Crippen molar-refractivity contribution in [2.75, 3.05) is 4.90 Å². The Labute approximate surface area is 397 Å². The lowest BCUT2D eigenvalue weighted by molar-refractivity contribution is 1.28. The van der Waals surface area contributed by atoms with Crippen LogP contribution in [-0.4, -0.2) is 0 Å². The molecule has 1 nitrogen and oxygen atoms in total. The highest BCUT2D eigenvalue weighted by atomic mass is 15.1. The van der Waals surface area contributed by atoms with E-state index in [9.17, 15) is 5.48 Å². The minimum absolute atomic E-state index is 0.104. The molecule has 1 heteroatoms. The van der Waals surface area contributed by atoms with Crippen molar-refractivity contribution < 1.29 is 5.48 Å². The average Bonchev–Trinajstić information content (AvgIpc) is 3.44. The van der Waals surface area contributed by atoms with Crippen molar-refractivity contribution in [3.05, 3.63) is 273 Å². The molecule has 12 aromatic carbocycles. The van der Waals surface area contributed by atoms with E-state index in [0.29, 0.717) is 16.9 Å². The summed E-state index contributed by atoms with van der Waals surface area (Å²) in [7, 11) is 0. The summed E-state index contributed by atoms with van der Waals surface area (Å²) < 4.78 is 38.4. The van der Waals surface area contributed by atoms with Gasteiger partial charge in [-0.05, 0) is 141 Å². The van der Waals surface area contributed by atoms with Crippen LogP contribution in [0.2, 0.25) is 0 Å². The SMILES string of the molecule is [2H]c1c([2H])c(N(c2ccc(-c3ccc(-c4cccc5ccccc45)cc3)cc2)c2ccc(-c3c(-c4ccccc4)ccc4ccccc34)cc2)c([2H])c([2H])c1-c1ccc(-c2ccc3ccccc3c2)cc1. The van der Waals surface area contributed by atoms with Crippen LogP contribution in [0.3, 0.4) is 0 Å². The first-order valence-corrected chi connectivity index (χ1v) is 22.7. The largest absolute Gasteiger partial charge is 0.311 e. The fourth-order valence-corrected chi connectivity index (χ4v) is 9.51. The van der Waals surface area contributed by atoms with Crippen LogP contribution < -0.4 is 4.90 Å². The quantitative estimate of drug-likeness (QED) is 0.140. The first kappa shape index (κ1) is 35.6. The topological polar surface area (TPSA) is 3.24 Å². The predicted molar refractivity (Wildman–Crippen MR) is 286 cm³/mol. The molecular formula is C66H45N. The smallest absolute Gasteiger partial charge is 0.0645 e. The number of rotatable bonds is 9. The third kappa shape index (κ3) is 7.73. The molecule has 12 rings (SSSR count). The summed E-state index contributed by atoms with van der Waals surface area (Å²) in [5, 5.41) is 7.02. The Kier molecular flexibility index (Phi) is 9.19. The Bertz CT molecular complexity index is 3910. The van der Waals surface area contributed by atoms with Gasteiger partial charge in [-0.25, -0.2) is 0 Å². The van der Waals surface area contributed by atoms with Crippen molar-refractivity contribution in [1.82, 2.24) is 0 Å². The van der Waals surface area contributed by atoms with Crippen molar-refractivity contribution in [3.8, 4) is 66.8 Å². The van der Waals surface area contributed by atoms with E-state index in [1.807, 2.05) is 71.6 Å². The Morgan fingerprint density at radius 1 is 0.239 bits per heavy atom. The first-order valence-electron chi connectivity index (χ1n) is 24.7. The van der Waals surface area contributed by atoms with Gasteiger partial charge in [0, 0.05) is 17.1 Å². The maximum absolute atomic E-state index is 9.68. The maximum Gasteiger partial charge on any atom is 0.0645 e. The Morgan fingerprint density at radius 2 is 0.687 bits per heavy atom. The van der Waals surface area contributed by atoms with Crippen molar-refractivity contribution in [2.45, 2.75) is 0 Å². The van der Waals surface area contributed by atoms with E-state index in [-0.39, 0.29) is 35.4 Å². The van der Waals surface area contributed by atoms with Crippen LogP contribution in [0.1, 0.15) is 5.48 Å². The molecular weight excluding hydrogens is 807 g/mol. The lowest BCUT2D eigenvalue weighted by atomic mass is 9.89. The summed E-state index contributed by atoms with van der Waals surface area (Å²) in [6, 6.07) is 85.1. The predicted octanol–water partition coefficient (Wildman–Crippen LogP) is 18.6. The Balaban J connectivity index is 0.949. The highest BCUT2D eigenvalue weighted by molar-refractivity contribution is 6.04. The third-order valence-electron chi connectivity index (χ3n) is 13.0. The molecule has 0 aliphatic rings. The van der Waals surface area contributed by atoms with Crippen LogP contribution in [0.15, 0.2) is 273 Å². The van der Waals surface area contributed by atoms with Crippen molar-refractivity contribution in [1.29, 1.82) is 0 Å². The van der Waals surface area contributed by atoms with Crippen LogP contribution in [0.4, 0.5) is 17.1 Å². The fraction of sp³-hybridized carbons (Fsp3) is 0. The summed E-state index contributed by atoms with van der Waals surface area (Å²) in [5.74, 6) is 0. The number of benzene rings is 12. The number of nitrogens with zero attached hydrogens (tertiary/aromatic N) is 1. The molecule has 0 atom stereocenters. The van der Waals surface area contributed by atoms with Gasteiger partial charge in [0.15, 0.2) is 0 Å². The number of anilines is 3. The monoisotopic (exact) mass is 855 g/mol. The van der Waals surface area contributed by atoms with Crippen molar-refractivity contribution in [2.24, 2.45) is 0 Å². The second-order valence-electron chi connectivity index (χ2n) is 17.0. The first-order chi connectivity index (χ1) is 34.9. The molecule has 314 valence electrons. The minimum atomic E-state index is -0.128. The van der Waals surface area contributed by atoms with Gasteiger partial charge in [-0.2, -0.15) is 0 Å². The van der Waals surface area contributed by atoms with E-state index >= 15 is 0 Å². The molecule has 0 fully saturated rings. The van der Waals surface area contributed by atoms with E-state index in [1.165, 1.54) is 21.7 Å². The highest BCUT2D eigenvalue weighted by Gasteiger charge is 2.17. The second-order valence-corrected chi connectivity index (χ2v) is 17.0. The van der Waals surface area contributed by atoms with Crippen LogP contribution in [0.5, 0.6) is 0 Å². The van der Waals surface area contributed by atoms with E-state index in [0.717, 1.165) is 66.2 Å². The van der Waals surface area contributed by atoms with E-state index in [2.05, 4.69) is 182 Å². The van der Waals surface area contributed by atoms with E-state index < -0.39 is 0 Å². The zero-order valence-corrected chi connectivity index (χ0v) is 36.6. The minimum Gasteiger partial charge on any atom is -0.311 e. The summed E-state index contributed by atoms with van der Waals surface area (Å²) in [5.41, 5.74) is 13.3.